The summed E-state index contributed by atoms with van der Waals surface area (Å²) in [4.78, 5) is 39.2. The Hall–Kier alpha value is -6.08. The average Bonchev–Trinajstić information content (AvgIpc) is 3.38. The fourth-order valence-corrected chi connectivity index (χ4v) is 4.16. The van der Waals surface area contributed by atoms with Gasteiger partial charge in [-0.05, 0) is 35.9 Å². The number of H-pyrrole nitrogens is 1. The predicted molar refractivity (Wildman–Crippen MR) is 148 cm³/mol. The third-order valence-corrected chi connectivity index (χ3v) is 6.05. The van der Waals surface area contributed by atoms with Crippen LogP contribution in [0.1, 0.15) is 32.0 Å². The van der Waals surface area contributed by atoms with Crippen LogP contribution in [0.15, 0.2) is 102 Å². The second-order valence-corrected chi connectivity index (χ2v) is 8.51. The number of ether oxygens (including phenoxy) is 1. The largest absolute Gasteiger partial charge is 0.422 e. The minimum Gasteiger partial charge on any atom is -0.422 e. The van der Waals surface area contributed by atoms with Crippen molar-refractivity contribution in [1.29, 1.82) is 5.26 Å². The number of carbonyl (C=O) groups is 2. The molecule has 5 aromatic rings. The number of aromatic nitrogens is 1. The maximum absolute atomic E-state index is 13.2. The van der Waals surface area contributed by atoms with E-state index in [2.05, 4.69) is 21.6 Å². The van der Waals surface area contributed by atoms with Crippen LogP contribution in [0.5, 0.6) is 5.75 Å². The van der Waals surface area contributed by atoms with Crippen molar-refractivity contribution in [2.24, 2.45) is 5.10 Å². The van der Waals surface area contributed by atoms with Gasteiger partial charge in [0.2, 0.25) is 0 Å². The second-order valence-electron chi connectivity index (χ2n) is 8.51. The van der Waals surface area contributed by atoms with Gasteiger partial charge in [-0.15, -0.1) is 0 Å². The molecule has 1 aromatic heterocycles. The van der Waals surface area contributed by atoms with E-state index >= 15 is 0 Å². The molecule has 1 amide bonds. The van der Waals surface area contributed by atoms with Crippen LogP contribution in [0.3, 0.4) is 0 Å². The summed E-state index contributed by atoms with van der Waals surface area (Å²) in [7, 11) is 0. The fraction of sp³-hybridized carbons (Fsp3) is 0. The number of aromatic amines is 1. The molecule has 10 nitrogen and oxygen atoms in total. The number of hydrogen-bond acceptors (Lipinski definition) is 7. The summed E-state index contributed by atoms with van der Waals surface area (Å²) in [6, 6.07) is 28.4. The highest BCUT2D eigenvalue weighted by molar-refractivity contribution is 6.10. The van der Waals surface area contributed by atoms with Gasteiger partial charge in [-0.3, -0.25) is 14.9 Å². The Morgan fingerprint density at radius 3 is 2.40 bits per heavy atom. The topological polar surface area (TPSA) is 150 Å². The fourth-order valence-electron chi connectivity index (χ4n) is 4.16. The summed E-state index contributed by atoms with van der Waals surface area (Å²) in [5, 5.41) is 25.2. The lowest BCUT2D eigenvalue weighted by Gasteiger charge is -2.07. The molecule has 0 spiro atoms. The lowest BCUT2D eigenvalue weighted by Crippen LogP contribution is -2.19. The van der Waals surface area contributed by atoms with Crippen LogP contribution in [-0.2, 0) is 0 Å². The first-order chi connectivity index (χ1) is 19.5. The highest BCUT2D eigenvalue weighted by Crippen LogP contribution is 2.34. The Bertz CT molecular complexity index is 1820. The molecule has 0 fully saturated rings. The van der Waals surface area contributed by atoms with Crippen molar-refractivity contribution in [3.05, 3.63) is 130 Å². The average molecular weight is 530 g/mol. The van der Waals surface area contributed by atoms with Crippen LogP contribution >= 0.6 is 0 Å². The highest BCUT2D eigenvalue weighted by atomic mass is 16.6. The number of hydrazone groups is 1. The number of nitro groups is 1. The quantitative estimate of drug-likeness (QED) is 0.0921. The summed E-state index contributed by atoms with van der Waals surface area (Å²) >= 11 is 0. The van der Waals surface area contributed by atoms with E-state index in [1.807, 2.05) is 36.4 Å². The molecule has 5 rings (SSSR count). The van der Waals surface area contributed by atoms with Crippen LogP contribution in [0.25, 0.3) is 22.0 Å². The van der Waals surface area contributed by atoms with Crippen LogP contribution in [0.2, 0.25) is 0 Å². The number of nitriles is 1. The van der Waals surface area contributed by atoms with Gasteiger partial charge in [0.25, 0.3) is 11.6 Å². The molecule has 194 valence electrons. The smallest absolute Gasteiger partial charge is 0.343 e. The van der Waals surface area contributed by atoms with Crippen LogP contribution in [0.4, 0.5) is 5.69 Å². The number of esters is 1. The van der Waals surface area contributed by atoms with Gasteiger partial charge in [-0.25, -0.2) is 10.2 Å². The Balaban J connectivity index is 1.38. The Kier molecular flexibility index (Phi) is 7.11. The molecular formula is C30H19N5O5. The zero-order chi connectivity index (χ0) is 28.1. The number of nitrogens with zero attached hydrogens (tertiary/aromatic N) is 3. The zero-order valence-electron chi connectivity index (χ0n) is 20.7. The first-order valence-electron chi connectivity index (χ1n) is 12.0. The van der Waals surface area contributed by atoms with E-state index in [0.29, 0.717) is 22.2 Å². The number of amides is 1. The van der Waals surface area contributed by atoms with E-state index in [-0.39, 0.29) is 22.7 Å². The van der Waals surface area contributed by atoms with Crippen LogP contribution in [0, 0.1) is 21.4 Å². The maximum atomic E-state index is 13.2. The van der Waals surface area contributed by atoms with Crippen molar-refractivity contribution < 1.29 is 19.2 Å². The van der Waals surface area contributed by atoms with Gasteiger partial charge in [0.1, 0.15) is 17.5 Å². The molecule has 0 aliphatic heterocycles. The molecule has 0 radical (unpaired) electrons. The molecule has 0 aliphatic carbocycles. The Morgan fingerprint density at radius 2 is 1.68 bits per heavy atom. The summed E-state index contributed by atoms with van der Waals surface area (Å²) < 4.78 is 5.47. The number of carbonyl (C=O) groups excluding carboxylic acids is 2. The third kappa shape index (κ3) is 5.16. The van der Waals surface area contributed by atoms with Gasteiger partial charge in [0, 0.05) is 28.6 Å². The van der Waals surface area contributed by atoms with E-state index in [1.165, 1.54) is 30.5 Å². The molecule has 0 saturated carbocycles. The first-order valence-corrected chi connectivity index (χ1v) is 12.0. The summed E-state index contributed by atoms with van der Waals surface area (Å²) in [5.41, 5.74) is 5.51. The number of rotatable bonds is 7. The molecule has 10 heteroatoms. The molecule has 0 aliphatic rings. The predicted octanol–water partition coefficient (Wildman–Crippen LogP) is 5.60. The van der Waals surface area contributed by atoms with Gasteiger partial charge in [0.15, 0.2) is 0 Å². The number of non-ortho nitro benzene ring substituents is 1. The number of hydrogen-bond donors (Lipinski definition) is 2. The van der Waals surface area contributed by atoms with Crippen LogP contribution in [-0.4, -0.2) is 28.0 Å². The monoisotopic (exact) mass is 529 g/mol. The minimum absolute atomic E-state index is 0.134. The highest BCUT2D eigenvalue weighted by Gasteiger charge is 2.20. The van der Waals surface area contributed by atoms with Crippen molar-refractivity contribution in [2.75, 3.05) is 0 Å². The normalized spacial score (nSPS) is 10.8. The molecule has 2 N–H and O–H groups in total. The minimum atomic E-state index is -0.710. The number of nitrogens with one attached hydrogen (secondary N) is 2. The molecular weight excluding hydrogens is 510 g/mol. The molecule has 0 bridgehead atoms. The van der Waals surface area contributed by atoms with E-state index in [9.17, 15) is 25.0 Å². The van der Waals surface area contributed by atoms with Crippen molar-refractivity contribution >= 4 is 34.7 Å². The van der Waals surface area contributed by atoms with Crippen molar-refractivity contribution in [1.82, 2.24) is 10.4 Å². The SMILES string of the molecule is N#Cc1cccc2c(-c3ccccc3)c(C(=O)NN=Cc3ccccc3OC(=O)c3ccc([N+](=O)[O-])cc3)[nH]c12. The summed E-state index contributed by atoms with van der Waals surface area (Å²) in [5.74, 6) is -1.06. The lowest BCUT2D eigenvalue weighted by atomic mass is 10.0. The Morgan fingerprint density at radius 1 is 0.950 bits per heavy atom. The van der Waals surface area contributed by atoms with E-state index in [1.54, 1.807) is 36.4 Å². The van der Waals surface area contributed by atoms with Gasteiger partial charge in [-0.2, -0.15) is 10.4 Å². The molecule has 0 saturated heterocycles. The number of para-hydroxylation sites is 2. The second kappa shape index (κ2) is 11.1. The summed E-state index contributed by atoms with van der Waals surface area (Å²) in [6.45, 7) is 0. The maximum Gasteiger partial charge on any atom is 0.343 e. The number of fused-ring (bicyclic) bond motifs is 1. The van der Waals surface area contributed by atoms with Crippen molar-refractivity contribution in [3.63, 3.8) is 0 Å². The molecule has 0 atom stereocenters. The van der Waals surface area contributed by atoms with E-state index in [4.69, 9.17) is 4.74 Å². The molecule has 0 unspecified atom stereocenters. The van der Waals surface area contributed by atoms with Gasteiger partial charge in [-0.1, -0.05) is 54.6 Å². The number of nitro benzene ring substituents is 1. The van der Waals surface area contributed by atoms with E-state index < -0.39 is 16.8 Å². The van der Waals surface area contributed by atoms with Crippen molar-refractivity contribution in [2.45, 2.75) is 0 Å². The Labute approximate surface area is 227 Å². The lowest BCUT2D eigenvalue weighted by molar-refractivity contribution is -0.384. The van der Waals surface area contributed by atoms with Gasteiger partial charge >= 0.3 is 5.97 Å². The standard InChI is InChI=1S/C30H19N5O5/c31-17-21-10-6-11-24-26(19-7-2-1-3-8-19)28(33-27(21)24)29(36)34-32-18-22-9-4-5-12-25(22)40-30(37)20-13-15-23(16-14-20)35(38)39/h1-16,18,33H,(H,34,36). The molecule has 1 heterocycles. The first kappa shape index (κ1) is 25.6. The molecule has 40 heavy (non-hydrogen) atoms. The van der Waals surface area contributed by atoms with E-state index in [0.717, 1.165) is 10.9 Å². The number of benzene rings is 4. The van der Waals surface area contributed by atoms with Crippen molar-refractivity contribution in [3.8, 4) is 22.9 Å². The van der Waals surface area contributed by atoms with Gasteiger partial charge in [0.05, 0.1) is 27.8 Å². The summed E-state index contributed by atoms with van der Waals surface area (Å²) in [6.07, 6.45) is 1.34. The molecule has 4 aromatic carbocycles. The van der Waals surface area contributed by atoms with Crippen LogP contribution < -0.4 is 10.2 Å². The zero-order valence-corrected chi connectivity index (χ0v) is 20.7. The third-order valence-electron chi connectivity index (χ3n) is 6.05. The van der Waals surface area contributed by atoms with Gasteiger partial charge < -0.3 is 9.72 Å².